The van der Waals surface area contributed by atoms with E-state index in [2.05, 4.69) is 33.1 Å². The Morgan fingerprint density at radius 3 is 2.40 bits per heavy atom. The molecule has 224 valence electrons. The van der Waals surface area contributed by atoms with Crippen molar-refractivity contribution in [3.05, 3.63) is 106 Å². The molecule has 2 aliphatic heterocycles. The van der Waals surface area contributed by atoms with Gasteiger partial charge in [0.25, 0.3) is 0 Å². The van der Waals surface area contributed by atoms with Crippen molar-refractivity contribution in [3.8, 4) is 5.69 Å². The zero-order valence-electron chi connectivity index (χ0n) is 24.2. The van der Waals surface area contributed by atoms with E-state index < -0.39 is 11.7 Å². The third kappa shape index (κ3) is 5.60. The van der Waals surface area contributed by atoms with Crippen LogP contribution in [0.15, 0.2) is 72.9 Å². The Kier molecular flexibility index (Phi) is 7.89. The minimum Gasteiger partial charge on any atom is -0.370 e. The van der Waals surface area contributed by atoms with Gasteiger partial charge in [0.2, 0.25) is 0 Å². The number of aromatic nitrogens is 2. The van der Waals surface area contributed by atoms with Gasteiger partial charge in [-0.1, -0.05) is 30.7 Å². The van der Waals surface area contributed by atoms with Crippen molar-refractivity contribution in [1.82, 2.24) is 14.9 Å². The molecule has 0 bridgehead atoms. The second-order valence-corrected chi connectivity index (χ2v) is 12.3. The molecule has 2 atom stereocenters. The molecule has 2 fully saturated rings. The maximum Gasteiger partial charge on any atom is 0.416 e. The Bertz CT molecular complexity index is 1650. The Labute approximate surface area is 260 Å². The average Bonchev–Trinajstić information content (AvgIpc) is 3.48. The number of rotatable bonds is 5. The quantitative estimate of drug-likeness (QED) is 0.225. The smallest absolute Gasteiger partial charge is 0.370 e. The van der Waals surface area contributed by atoms with E-state index >= 15 is 0 Å². The lowest BCUT2D eigenvalue weighted by atomic mass is 9.96. The first-order chi connectivity index (χ1) is 20.5. The van der Waals surface area contributed by atoms with E-state index in [4.69, 9.17) is 23.8 Å². The monoisotopic (exact) mass is 623 g/mol. The van der Waals surface area contributed by atoms with Crippen LogP contribution in [0.5, 0.6) is 0 Å². The molecule has 10 heteroatoms. The Morgan fingerprint density at radius 2 is 1.72 bits per heavy atom. The van der Waals surface area contributed by atoms with Gasteiger partial charge in [-0.25, -0.2) is 0 Å². The molecule has 2 saturated heterocycles. The lowest BCUT2D eigenvalue weighted by Gasteiger charge is -2.33. The van der Waals surface area contributed by atoms with Crippen molar-refractivity contribution >= 4 is 40.3 Å². The van der Waals surface area contributed by atoms with E-state index in [1.165, 1.54) is 12.1 Å². The van der Waals surface area contributed by atoms with E-state index in [0.29, 0.717) is 21.7 Å². The molecule has 2 unspecified atom stereocenters. The van der Waals surface area contributed by atoms with Crippen LogP contribution in [0.25, 0.3) is 5.69 Å². The zero-order valence-corrected chi connectivity index (χ0v) is 25.8. The van der Waals surface area contributed by atoms with Crippen molar-refractivity contribution < 1.29 is 13.2 Å². The number of thiocarbonyl (C=S) groups is 1. The van der Waals surface area contributed by atoms with Gasteiger partial charge in [-0.05, 0) is 105 Å². The topological polar surface area (TPSA) is 36.3 Å². The molecule has 0 saturated carbocycles. The van der Waals surface area contributed by atoms with Gasteiger partial charge in [-0.2, -0.15) is 13.2 Å². The van der Waals surface area contributed by atoms with Crippen LogP contribution in [0.2, 0.25) is 5.02 Å². The summed E-state index contributed by atoms with van der Waals surface area (Å²) in [4.78, 5) is 9.03. The highest BCUT2D eigenvalue weighted by molar-refractivity contribution is 7.80. The average molecular weight is 624 g/mol. The highest BCUT2D eigenvalue weighted by Crippen LogP contribution is 2.45. The van der Waals surface area contributed by atoms with Gasteiger partial charge in [0, 0.05) is 42.0 Å². The minimum atomic E-state index is -4.44. The molecule has 2 aromatic carbocycles. The van der Waals surface area contributed by atoms with Gasteiger partial charge in [-0.3, -0.25) is 4.98 Å². The third-order valence-corrected chi connectivity index (χ3v) is 9.27. The van der Waals surface area contributed by atoms with E-state index in [1.807, 2.05) is 54.8 Å². The number of benzene rings is 2. The molecule has 4 aromatic rings. The van der Waals surface area contributed by atoms with Crippen molar-refractivity contribution in [1.29, 1.82) is 0 Å². The summed E-state index contributed by atoms with van der Waals surface area (Å²) < 4.78 is 42.7. The summed E-state index contributed by atoms with van der Waals surface area (Å²) >= 11 is 12.9. The Morgan fingerprint density at radius 1 is 0.953 bits per heavy atom. The highest BCUT2D eigenvalue weighted by Gasteiger charge is 2.42. The van der Waals surface area contributed by atoms with Crippen molar-refractivity contribution in [2.75, 3.05) is 22.9 Å². The minimum absolute atomic E-state index is 0.300. The maximum atomic E-state index is 13.6. The molecule has 0 amide bonds. The number of pyridine rings is 1. The molecular weight excluding hydrogens is 591 g/mol. The van der Waals surface area contributed by atoms with Crippen LogP contribution < -0.4 is 15.1 Å². The number of aryl methyl sites for hydroxylation is 1. The summed E-state index contributed by atoms with van der Waals surface area (Å²) in [5.74, 6) is 0.710. The molecule has 5 nitrogen and oxygen atoms in total. The number of halogens is 4. The van der Waals surface area contributed by atoms with Crippen LogP contribution in [0.3, 0.4) is 0 Å². The molecule has 43 heavy (non-hydrogen) atoms. The van der Waals surface area contributed by atoms with Gasteiger partial charge >= 0.3 is 6.18 Å². The van der Waals surface area contributed by atoms with Crippen molar-refractivity contribution in [2.45, 2.75) is 51.9 Å². The van der Waals surface area contributed by atoms with Crippen molar-refractivity contribution in [3.63, 3.8) is 0 Å². The first-order valence-corrected chi connectivity index (χ1v) is 15.2. The fourth-order valence-electron chi connectivity index (χ4n) is 6.41. The fourth-order valence-corrected chi connectivity index (χ4v) is 7.05. The normalized spacial score (nSPS) is 19.7. The predicted octanol–water partition coefficient (Wildman–Crippen LogP) is 8.57. The second-order valence-electron chi connectivity index (χ2n) is 11.5. The van der Waals surface area contributed by atoms with E-state index in [1.54, 1.807) is 12.3 Å². The van der Waals surface area contributed by atoms with E-state index in [0.717, 1.165) is 66.0 Å². The molecule has 4 heterocycles. The van der Waals surface area contributed by atoms with Gasteiger partial charge in [-0.15, -0.1) is 0 Å². The standard InChI is InChI=1S/C33H33ClF3N5S/c1-20-12-15-40(16-13-20)29-11-10-25(19-27(29)34)42-31(30(39-32(42)43)28-9-4-5-14-38-28)26-17-21(2)41(22(26)3)24-8-6-7-23(18-24)33(35,36)37/h4-11,14,17-20,30-31H,12-13,15-16H2,1-3H3,(H,39,43). The number of nitrogens with one attached hydrogen (secondary N) is 1. The number of hydrogen-bond acceptors (Lipinski definition) is 3. The van der Waals surface area contributed by atoms with E-state index in [9.17, 15) is 13.2 Å². The summed E-state index contributed by atoms with van der Waals surface area (Å²) in [6.45, 7) is 8.06. The summed E-state index contributed by atoms with van der Waals surface area (Å²) in [5, 5.41) is 4.66. The van der Waals surface area contributed by atoms with Crippen LogP contribution in [-0.4, -0.2) is 27.8 Å². The van der Waals surface area contributed by atoms with Gasteiger partial charge in [0.1, 0.15) is 0 Å². The fraction of sp³-hybridized carbons (Fsp3) is 0.333. The first kappa shape index (κ1) is 29.5. The summed E-state index contributed by atoms with van der Waals surface area (Å²) in [6, 6.07) is 18.7. The maximum absolute atomic E-state index is 13.6. The number of piperidine rings is 1. The van der Waals surface area contributed by atoms with Crippen LogP contribution in [0, 0.1) is 19.8 Å². The lowest BCUT2D eigenvalue weighted by Crippen LogP contribution is -2.33. The summed E-state index contributed by atoms with van der Waals surface area (Å²) in [7, 11) is 0. The van der Waals surface area contributed by atoms with Crippen LogP contribution in [0.4, 0.5) is 24.5 Å². The Balaban J connectivity index is 1.44. The van der Waals surface area contributed by atoms with Crippen LogP contribution in [-0.2, 0) is 6.18 Å². The Hall–Kier alpha value is -3.56. The SMILES string of the molecule is Cc1cc(C2C(c3ccccn3)NC(=S)N2c2ccc(N3CCC(C)CC3)c(Cl)c2)c(C)n1-c1cccc(C(F)(F)F)c1. The highest BCUT2D eigenvalue weighted by atomic mass is 35.5. The molecule has 0 radical (unpaired) electrons. The molecule has 0 aliphatic carbocycles. The van der Waals surface area contributed by atoms with Gasteiger partial charge in [0.15, 0.2) is 5.11 Å². The molecule has 2 aliphatic rings. The zero-order chi connectivity index (χ0) is 30.5. The van der Waals surface area contributed by atoms with Crippen LogP contribution in [0.1, 0.15) is 60.1 Å². The third-order valence-electron chi connectivity index (χ3n) is 8.65. The molecular formula is C33H33ClF3N5S. The largest absolute Gasteiger partial charge is 0.416 e. The van der Waals surface area contributed by atoms with Gasteiger partial charge < -0.3 is 19.7 Å². The summed E-state index contributed by atoms with van der Waals surface area (Å²) in [6.07, 6.45) is -0.425. The first-order valence-electron chi connectivity index (χ1n) is 14.4. The van der Waals surface area contributed by atoms with Gasteiger partial charge in [0.05, 0.1) is 34.1 Å². The molecule has 6 rings (SSSR count). The number of alkyl halides is 3. The number of anilines is 2. The molecule has 1 N–H and O–H groups in total. The summed E-state index contributed by atoms with van der Waals surface area (Å²) in [5.41, 5.74) is 5.00. The van der Waals surface area contributed by atoms with Crippen LogP contribution >= 0.6 is 23.8 Å². The number of hydrogen-bond donors (Lipinski definition) is 1. The predicted molar refractivity (Wildman–Crippen MR) is 170 cm³/mol. The van der Waals surface area contributed by atoms with E-state index in [-0.39, 0.29) is 12.1 Å². The molecule has 2 aromatic heterocycles. The van der Waals surface area contributed by atoms with Crippen molar-refractivity contribution in [2.24, 2.45) is 5.92 Å². The second kappa shape index (κ2) is 11.5. The number of nitrogens with zero attached hydrogens (tertiary/aromatic N) is 4. The lowest BCUT2D eigenvalue weighted by molar-refractivity contribution is -0.137. The molecule has 0 spiro atoms.